The third-order valence-electron chi connectivity index (χ3n) is 7.16. The first kappa shape index (κ1) is 26.4. The molecule has 0 aliphatic heterocycles. The number of amides is 1. The molecule has 0 bridgehead atoms. The van der Waals surface area contributed by atoms with Crippen molar-refractivity contribution in [3.8, 4) is 11.1 Å². The number of hydrogen-bond donors (Lipinski definition) is 4. The quantitative estimate of drug-likeness (QED) is 0.235. The highest BCUT2D eigenvalue weighted by Gasteiger charge is 2.44. The number of aliphatic hydroxyl groups is 2. The number of aliphatic hydroxyl groups excluding tert-OH is 2. The van der Waals surface area contributed by atoms with Gasteiger partial charge in [0.25, 0.3) is 5.91 Å². The van der Waals surface area contributed by atoms with Crippen LogP contribution in [0.15, 0.2) is 41.1 Å². The summed E-state index contributed by atoms with van der Waals surface area (Å²) < 4.78 is 16.0. The average Bonchev–Trinajstić information content (AvgIpc) is 3.54. The molecule has 2 unspecified atom stereocenters. The average molecular weight is 586 g/mol. The summed E-state index contributed by atoms with van der Waals surface area (Å²) in [5.74, 6) is -0.429. The Kier molecular flexibility index (Phi) is 7.07. The minimum Gasteiger partial charge on any atom is -0.393 e. The number of halogens is 2. The van der Waals surface area contributed by atoms with Gasteiger partial charge in [0.1, 0.15) is 11.6 Å². The lowest BCUT2D eigenvalue weighted by atomic mass is 10.1. The lowest BCUT2D eigenvalue weighted by Crippen LogP contribution is -2.43. The van der Waals surface area contributed by atoms with Crippen LogP contribution >= 0.6 is 15.9 Å². The molecule has 0 spiro atoms. The standard InChI is InChI=1S/C26H29BrFN7O3/c1-14(31-12-26(5-6-26)13-34(2)25(38)20(37)11-36)22-21(27)23(29)35-24(33-22)18(10-32-35)16-7-15-8-17(28)3-4-19(15)30-9-16/h3-4,7-10,14,20,31,36-37H,5-6,11-13,29H2,1-2H3. The molecule has 2 atom stereocenters. The summed E-state index contributed by atoms with van der Waals surface area (Å²) in [7, 11) is 1.63. The molecule has 5 N–H and O–H groups in total. The fourth-order valence-corrected chi connectivity index (χ4v) is 5.30. The zero-order valence-electron chi connectivity index (χ0n) is 21.0. The van der Waals surface area contributed by atoms with Crippen molar-refractivity contribution in [1.82, 2.24) is 29.8 Å². The number of nitrogen functional groups attached to an aromatic ring is 1. The van der Waals surface area contributed by atoms with E-state index < -0.39 is 18.6 Å². The Morgan fingerprint density at radius 2 is 2.11 bits per heavy atom. The Morgan fingerprint density at radius 3 is 2.82 bits per heavy atom. The molecular formula is C26H29BrFN7O3. The van der Waals surface area contributed by atoms with Crippen LogP contribution < -0.4 is 11.1 Å². The van der Waals surface area contributed by atoms with Gasteiger partial charge in [0.15, 0.2) is 11.8 Å². The molecule has 0 saturated heterocycles. The van der Waals surface area contributed by atoms with Crippen LogP contribution in [0, 0.1) is 11.2 Å². The highest BCUT2D eigenvalue weighted by molar-refractivity contribution is 9.10. The minimum atomic E-state index is -1.40. The number of hydrogen-bond acceptors (Lipinski definition) is 8. The van der Waals surface area contributed by atoms with Crippen molar-refractivity contribution in [2.24, 2.45) is 5.41 Å². The number of carbonyl (C=O) groups is 1. The van der Waals surface area contributed by atoms with Gasteiger partial charge in [-0.2, -0.15) is 9.61 Å². The molecule has 200 valence electrons. The fraction of sp³-hybridized carbons (Fsp3) is 0.385. The first-order chi connectivity index (χ1) is 18.1. The summed E-state index contributed by atoms with van der Waals surface area (Å²) in [6.45, 7) is 2.49. The van der Waals surface area contributed by atoms with Gasteiger partial charge in [-0.15, -0.1) is 0 Å². The largest absolute Gasteiger partial charge is 0.393 e. The van der Waals surface area contributed by atoms with Crippen molar-refractivity contribution in [2.75, 3.05) is 32.5 Å². The van der Waals surface area contributed by atoms with Crippen LogP contribution in [-0.2, 0) is 4.79 Å². The molecule has 5 rings (SSSR count). The van der Waals surface area contributed by atoms with Gasteiger partial charge in [-0.25, -0.2) is 9.37 Å². The zero-order valence-corrected chi connectivity index (χ0v) is 22.6. The van der Waals surface area contributed by atoms with Gasteiger partial charge in [0.05, 0.1) is 28.5 Å². The maximum atomic E-state index is 13.8. The Labute approximate surface area is 226 Å². The first-order valence-corrected chi connectivity index (χ1v) is 13.1. The number of fused-ring (bicyclic) bond motifs is 2. The van der Waals surface area contributed by atoms with E-state index in [-0.39, 0.29) is 17.3 Å². The number of pyridine rings is 1. The van der Waals surface area contributed by atoms with Crippen LogP contribution in [0.2, 0.25) is 0 Å². The number of nitrogens with one attached hydrogen (secondary N) is 1. The Hall–Kier alpha value is -3.19. The van der Waals surface area contributed by atoms with E-state index in [1.165, 1.54) is 17.0 Å². The summed E-state index contributed by atoms with van der Waals surface area (Å²) in [4.78, 5) is 23.0. The van der Waals surface area contributed by atoms with Gasteiger partial charge in [0, 0.05) is 54.3 Å². The number of anilines is 1. The first-order valence-electron chi connectivity index (χ1n) is 12.3. The van der Waals surface area contributed by atoms with Crippen LogP contribution in [-0.4, -0.2) is 73.5 Å². The van der Waals surface area contributed by atoms with Gasteiger partial charge < -0.3 is 26.2 Å². The predicted octanol–water partition coefficient (Wildman–Crippen LogP) is 2.67. The molecule has 12 heteroatoms. The van der Waals surface area contributed by atoms with Crippen LogP contribution in [0.3, 0.4) is 0 Å². The summed E-state index contributed by atoms with van der Waals surface area (Å²) in [6.07, 6.45) is 3.86. The molecule has 0 radical (unpaired) electrons. The van der Waals surface area contributed by atoms with Crippen molar-refractivity contribution in [3.63, 3.8) is 0 Å². The number of nitrogens with two attached hydrogens (primary N) is 1. The van der Waals surface area contributed by atoms with E-state index in [0.717, 1.165) is 24.0 Å². The summed E-state index contributed by atoms with van der Waals surface area (Å²) in [5.41, 5.74) is 9.72. The van der Waals surface area contributed by atoms with Crippen molar-refractivity contribution >= 4 is 44.2 Å². The SMILES string of the molecule is CC(NCC1(CN(C)C(=O)C(O)CO)CC1)c1nc2c(-c3cnc4ccc(F)cc4c3)cnn2c(N)c1Br. The lowest BCUT2D eigenvalue weighted by Gasteiger charge is -2.27. The maximum absolute atomic E-state index is 13.8. The molecule has 38 heavy (non-hydrogen) atoms. The van der Waals surface area contributed by atoms with Crippen molar-refractivity contribution in [1.29, 1.82) is 0 Å². The molecule has 1 aliphatic carbocycles. The van der Waals surface area contributed by atoms with Crippen LogP contribution in [0.25, 0.3) is 27.7 Å². The summed E-state index contributed by atoms with van der Waals surface area (Å²) in [6, 6.07) is 6.12. The summed E-state index contributed by atoms with van der Waals surface area (Å²) >= 11 is 3.58. The predicted molar refractivity (Wildman–Crippen MR) is 145 cm³/mol. The van der Waals surface area contributed by atoms with Gasteiger partial charge in [-0.05, 0) is 60.0 Å². The smallest absolute Gasteiger partial charge is 0.253 e. The molecular weight excluding hydrogens is 557 g/mol. The third-order valence-corrected chi connectivity index (χ3v) is 7.97. The maximum Gasteiger partial charge on any atom is 0.253 e. The molecule has 4 aromatic rings. The van der Waals surface area contributed by atoms with E-state index >= 15 is 0 Å². The lowest BCUT2D eigenvalue weighted by molar-refractivity contribution is -0.141. The Balaban J connectivity index is 1.39. The molecule has 1 fully saturated rings. The second kappa shape index (κ2) is 10.2. The highest BCUT2D eigenvalue weighted by atomic mass is 79.9. The number of benzene rings is 1. The van der Waals surface area contributed by atoms with Crippen LogP contribution in [0.4, 0.5) is 10.2 Å². The normalized spacial score (nSPS) is 16.1. The second-order valence-corrected chi connectivity index (χ2v) is 10.8. The highest BCUT2D eigenvalue weighted by Crippen LogP contribution is 2.46. The zero-order chi connectivity index (χ0) is 27.2. The topological polar surface area (TPSA) is 142 Å². The third kappa shape index (κ3) is 4.96. The van der Waals surface area contributed by atoms with Crippen LogP contribution in [0.5, 0.6) is 0 Å². The van der Waals surface area contributed by atoms with E-state index in [1.54, 1.807) is 30.0 Å². The molecule has 1 aromatic carbocycles. The molecule has 1 amide bonds. The van der Waals surface area contributed by atoms with E-state index in [0.29, 0.717) is 45.6 Å². The number of likely N-dealkylation sites (N-methyl/N-ethyl adjacent to an activating group) is 1. The van der Waals surface area contributed by atoms with E-state index in [2.05, 4.69) is 31.3 Å². The van der Waals surface area contributed by atoms with E-state index in [1.807, 2.05) is 13.0 Å². The van der Waals surface area contributed by atoms with Crippen molar-refractivity contribution < 1.29 is 19.4 Å². The Bertz CT molecular complexity index is 1520. The second-order valence-electron chi connectivity index (χ2n) is 10.0. The van der Waals surface area contributed by atoms with Crippen molar-refractivity contribution in [2.45, 2.75) is 31.9 Å². The van der Waals surface area contributed by atoms with E-state index in [4.69, 9.17) is 15.8 Å². The Morgan fingerprint density at radius 1 is 1.34 bits per heavy atom. The fourth-order valence-electron chi connectivity index (χ4n) is 4.70. The number of carbonyl (C=O) groups excluding carboxylic acids is 1. The number of aromatic nitrogens is 4. The van der Waals surface area contributed by atoms with Gasteiger partial charge >= 0.3 is 0 Å². The van der Waals surface area contributed by atoms with E-state index in [9.17, 15) is 14.3 Å². The van der Waals surface area contributed by atoms with Gasteiger partial charge in [-0.1, -0.05) is 0 Å². The number of rotatable bonds is 9. The van der Waals surface area contributed by atoms with Crippen LogP contribution in [0.1, 0.15) is 31.5 Å². The molecule has 10 nitrogen and oxygen atoms in total. The number of nitrogens with zero attached hydrogens (tertiary/aromatic N) is 5. The van der Waals surface area contributed by atoms with Crippen molar-refractivity contribution in [3.05, 3.63) is 52.6 Å². The summed E-state index contributed by atoms with van der Waals surface area (Å²) in [5, 5.41) is 27.4. The minimum absolute atomic E-state index is 0.107. The molecule has 1 aliphatic rings. The molecule has 3 aromatic heterocycles. The monoisotopic (exact) mass is 585 g/mol. The van der Waals surface area contributed by atoms with Gasteiger partial charge in [0.2, 0.25) is 0 Å². The molecule has 3 heterocycles. The van der Waals surface area contributed by atoms with Gasteiger partial charge in [-0.3, -0.25) is 9.78 Å². The molecule has 1 saturated carbocycles.